The second kappa shape index (κ2) is 9.15. The van der Waals surface area contributed by atoms with Gasteiger partial charge in [0.15, 0.2) is 0 Å². The number of carbonyl (C=O) groups is 1. The van der Waals surface area contributed by atoms with Crippen molar-refractivity contribution in [1.29, 1.82) is 0 Å². The molecule has 1 rings (SSSR count). The number of aliphatic hydroxyl groups excluding tert-OH is 1. The third kappa shape index (κ3) is 8.06. The van der Waals surface area contributed by atoms with Gasteiger partial charge in [0.25, 0.3) is 0 Å². The first-order chi connectivity index (χ1) is 9.08. The van der Waals surface area contributed by atoms with Crippen LogP contribution < -0.4 is 10.6 Å². The van der Waals surface area contributed by atoms with Crippen molar-refractivity contribution < 1.29 is 14.6 Å². The number of rotatable bonds is 7. The van der Waals surface area contributed by atoms with Crippen molar-refractivity contribution >= 4 is 6.03 Å². The Balaban J connectivity index is 2.04. The molecule has 0 aromatic carbocycles. The van der Waals surface area contributed by atoms with Gasteiger partial charge in [0.1, 0.15) is 0 Å². The lowest BCUT2D eigenvalue weighted by molar-refractivity contribution is 0.0272. The molecule has 1 fully saturated rings. The third-order valence-corrected chi connectivity index (χ3v) is 3.20. The number of aliphatic hydroxyl groups is 1. The van der Waals surface area contributed by atoms with Crippen molar-refractivity contribution in [3.05, 3.63) is 0 Å². The van der Waals surface area contributed by atoms with Crippen molar-refractivity contribution in [1.82, 2.24) is 10.6 Å². The molecule has 0 spiro atoms. The number of hydrogen-bond donors (Lipinski definition) is 3. The van der Waals surface area contributed by atoms with Crippen molar-refractivity contribution in [2.24, 2.45) is 5.92 Å². The maximum absolute atomic E-state index is 11.6. The number of ether oxygens (including phenoxy) is 1. The molecule has 112 valence electrons. The molecule has 2 amide bonds. The van der Waals surface area contributed by atoms with Gasteiger partial charge in [0, 0.05) is 19.2 Å². The molecule has 1 aliphatic carbocycles. The topological polar surface area (TPSA) is 70.6 Å². The molecule has 5 nitrogen and oxygen atoms in total. The van der Waals surface area contributed by atoms with E-state index in [9.17, 15) is 9.90 Å². The number of hydrogen-bond acceptors (Lipinski definition) is 3. The van der Waals surface area contributed by atoms with E-state index in [1.165, 1.54) is 19.3 Å². The second-order valence-corrected chi connectivity index (χ2v) is 5.77. The molecule has 1 atom stereocenters. The van der Waals surface area contributed by atoms with Crippen LogP contribution in [0.5, 0.6) is 0 Å². The first kappa shape index (κ1) is 16.2. The molecule has 1 saturated carbocycles. The van der Waals surface area contributed by atoms with Gasteiger partial charge in [-0.1, -0.05) is 33.1 Å². The first-order valence-corrected chi connectivity index (χ1v) is 7.38. The van der Waals surface area contributed by atoms with Gasteiger partial charge in [-0.15, -0.1) is 0 Å². The molecular formula is C14H28N2O3. The minimum atomic E-state index is -0.643. The fraction of sp³-hybridized carbons (Fsp3) is 0.929. The summed E-state index contributed by atoms with van der Waals surface area (Å²) in [7, 11) is 0. The summed E-state index contributed by atoms with van der Waals surface area (Å²) in [5, 5.41) is 15.3. The highest BCUT2D eigenvalue weighted by molar-refractivity contribution is 5.74. The van der Waals surface area contributed by atoms with E-state index in [0.29, 0.717) is 18.6 Å². The van der Waals surface area contributed by atoms with Crippen LogP contribution in [-0.4, -0.2) is 43.0 Å². The third-order valence-electron chi connectivity index (χ3n) is 3.20. The van der Waals surface area contributed by atoms with Gasteiger partial charge >= 0.3 is 6.03 Å². The van der Waals surface area contributed by atoms with Crippen LogP contribution in [-0.2, 0) is 4.74 Å². The predicted octanol–water partition coefficient (Wildman–Crippen LogP) is 1.65. The Labute approximate surface area is 116 Å². The summed E-state index contributed by atoms with van der Waals surface area (Å²) in [5.41, 5.74) is 0. The van der Waals surface area contributed by atoms with E-state index in [2.05, 4.69) is 24.5 Å². The maximum atomic E-state index is 11.6. The molecule has 1 aliphatic rings. The van der Waals surface area contributed by atoms with E-state index in [1.807, 2.05) is 0 Å². The zero-order valence-electron chi connectivity index (χ0n) is 12.2. The Morgan fingerprint density at radius 1 is 1.26 bits per heavy atom. The van der Waals surface area contributed by atoms with E-state index >= 15 is 0 Å². The minimum Gasteiger partial charge on any atom is -0.389 e. The van der Waals surface area contributed by atoms with E-state index < -0.39 is 6.10 Å². The minimum absolute atomic E-state index is 0.185. The van der Waals surface area contributed by atoms with E-state index in [0.717, 1.165) is 12.8 Å². The highest BCUT2D eigenvalue weighted by atomic mass is 16.5. The van der Waals surface area contributed by atoms with Gasteiger partial charge in [0.05, 0.1) is 12.7 Å². The summed E-state index contributed by atoms with van der Waals surface area (Å²) in [5.74, 6) is 0.453. The average Bonchev–Trinajstić information content (AvgIpc) is 2.37. The molecule has 0 saturated heterocycles. The summed E-state index contributed by atoms with van der Waals surface area (Å²) in [6.45, 7) is 5.24. The molecule has 19 heavy (non-hydrogen) atoms. The molecule has 0 radical (unpaired) electrons. The van der Waals surface area contributed by atoms with Gasteiger partial charge in [-0.2, -0.15) is 0 Å². The van der Waals surface area contributed by atoms with Crippen molar-refractivity contribution in [2.45, 2.75) is 58.1 Å². The Hall–Kier alpha value is -0.810. The quantitative estimate of drug-likeness (QED) is 0.660. The molecule has 0 heterocycles. The second-order valence-electron chi connectivity index (χ2n) is 5.77. The molecule has 3 N–H and O–H groups in total. The Morgan fingerprint density at radius 2 is 1.95 bits per heavy atom. The Kier molecular flexibility index (Phi) is 7.82. The van der Waals surface area contributed by atoms with Gasteiger partial charge < -0.3 is 20.5 Å². The number of amides is 2. The predicted molar refractivity (Wildman–Crippen MR) is 75.1 cm³/mol. The summed E-state index contributed by atoms with van der Waals surface area (Å²) in [6, 6.07) is 0.109. The lowest BCUT2D eigenvalue weighted by atomic mass is 9.96. The molecular weight excluding hydrogens is 244 g/mol. The van der Waals surface area contributed by atoms with Crippen molar-refractivity contribution in [3.63, 3.8) is 0 Å². The summed E-state index contributed by atoms with van der Waals surface area (Å²) in [6.07, 6.45) is 5.13. The van der Waals surface area contributed by atoms with Gasteiger partial charge in [-0.3, -0.25) is 0 Å². The SMILES string of the molecule is CC(C)COCC(O)CNC(=O)NC1CCCCC1. The highest BCUT2D eigenvalue weighted by Gasteiger charge is 2.16. The highest BCUT2D eigenvalue weighted by Crippen LogP contribution is 2.17. The summed E-state index contributed by atoms with van der Waals surface area (Å²) >= 11 is 0. The summed E-state index contributed by atoms with van der Waals surface area (Å²) in [4.78, 5) is 11.6. The standard InChI is InChI=1S/C14H28N2O3/c1-11(2)9-19-10-13(17)8-15-14(18)16-12-6-4-3-5-7-12/h11-13,17H,3-10H2,1-2H3,(H2,15,16,18). The lowest BCUT2D eigenvalue weighted by Gasteiger charge is -2.23. The van der Waals surface area contributed by atoms with Gasteiger partial charge in [0.2, 0.25) is 0 Å². The van der Waals surface area contributed by atoms with Crippen molar-refractivity contribution in [2.75, 3.05) is 19.8 Å². The molecule has 5 heteroatoms. The zero-order chi connectivity index (χ0) is 14.1. The number of nitrogens with one attached hydrogen (secondary N) is 2. The monoisotopic (exact) mass is 272 g/mol. The van der Waals surface area contributed by atoms with Gasteiger partial charge in [-0.25, -0.2) is 4.79 Å². The van der Waals surface area contributed by atoms with Crippen LogP contribution in [0.1, 0.15) is 46.0 Å². The molecule has 0 aromatic rings. The summed E-state index contributed by atoms with van der Waals surface area (Å²) < 4.78 is 5.32. The first-order valence-electron chi connectivity index (χ1n) is 7.38. The van der Waals surface area contributed by atoms with Crippen LogP contribution in [0.15, 0.2) is 0 Å². The van der Waals surface area contributed by atoms with E-state index in [1.54, 1.807) is 0 Å². The fourth-order valence-corrected chi connectivity index (χ4v) is 2.19. The van der Waals surface area contributed by atoms with Crippen LogP contribution in [0.25, 0.3) is 0 Å². The Morgan fingerprint density at radius 3 is 2.58 bits per heavy atom. The normalized spacial score (nSPS) is 18.3. The van der Waals surface area contributed by atoms with E-state index in [4.69, 9.17) is 4.74 Å². The van der Waals surface area contributed by atoms with Gasteiger partial charge in [-0.05, 0) is 18.8 Å². The fourth-order valence-electron chi connectivity index (χ4n) is 2.19. The number of urea groups is 1. The molecule has 0 aliphatic heterocycles. The van der Waals surface area contributed by atoms with Crippen molar-refractivity contribution in [3.8, 4) is 0 Å². The molecule has 1 unspecified atom stereocenters. The zero-order valence-corrected chi connectivity index (χ0v) is 12.2. The molecule has 0 bridgehead atoms. The Bertz CT molecular complexity index is 253. The largest absolute Gasteiger partial charge is 0.389 e. The van der Waals surface area contributed by atoms with Crippen LogP contribution in [0, 0.1) is 5.92 Å². The van der Waals surface area contributed by atoms with Crippen LogP contribution in [0.3, 0.4) is 0 Å². The average molecular weight is 272 g/mol. The molecule has 0 aromatic heterocycles. The van der Waals surface area contributed by atoms with Crippen LogP contribution >= 0.6 is 0 Å². The smallest absolute Gasteiger partial charge is 0.315 e. The van der Waals surface area contributed by atoms with Crippen LogP contribution in [0.4, 0.5) is 4.79 Å². The van der Waals surface area contributed by atoms with Crippen LogP contribution in [0.2, 0.25) is 0 Å². The number of carbonyl (C=O) groups excluding carboxylic acids is 1. The van der Waals surface area contributed by atoms with E-state index in [-0.39, 0.29) is 19.2 Å². The maximum Gasteiger partial charge on any atom is 0.315 e. The lowest BCUT2D eigenvalue weighted by Crippen LogP contribution is -2.45.